The normalized spacial score (nSPS) is 26.6. The van der Waals surface area contributed by atoms with Crippen molar-refractivity contribution in [3.63, 3.8) is 0 Å². The lowest BCUT2D eigenvalue weighted by Gasteiger charge is -2.57. The molecule has 0 heterocycles. The van der Waals surface area contributed by atoms with Crippen molar-refractivity contribution in [3.05, 3.63) is 0 Å². The predicted octanol–water partition coefficient (Wildman–Crippen LogP) is 4.76. The van der Waals surface area contributed by atoms with Gasteiger partial charge in [-0.2, -0.15) is 52.7 Å². The first kappa shape index (κ1) is 25.5. The molecular formula is C12H7F15O2. The van der Waals surface area contributed by atoms with E-state index in [0.717, 1.165) is 0 Å². The number of rotatable bonds is 5. The van der Waals surface area contributed by atoms with Crippen molar-refractivity contribution in [1.29, 1.82) is 0 Å². The smallest absolute Gasteiger partial charge is 0.384 e. The SMILES string of the molecule is CC(=O)OC1(C(F)(F)C(F)(CF)CF)C(F)(F)C(F)(F)C(F)(F)C(F)(F)C1(F)F. The van der Waals surface area contributed by atoms with E-state index in [1.54, 1.807) is 0 Å². The van der Waals surface area contributed by atoms with Crippen molar-refractivity contribution in [2.45, 2.75) is 53.7 Å². The van der Waals surface area contributed by atoms with Crippen molar-refractivity contribution in [3.8, 4) is 0 Å². The summed E-state index contributed by atoms with van der Waals surface area (Å²) in [7, 11) is 0. The van der Waals surface area contributed by atoms with Crippen LogP contribution >= 0.6 is 0 Å². The Hall–Kier alpha value is -1.58. The molecule has 0 saturated heterocycles. The monoisotopic (exact) mass is 468 g/mol. The molecule has 0 radical (unpaired) electrons. The molecule has 0 N–H and O–H groups in total. The molecule has 29 heavy (non-hydrogen) atoms. The summed E-state index contributed by atoms with van der Waals surface area (Å²) in [6.07, 6.45) is 0. The highest BCUT2D eigenvalue weighted by Crippen LogP contribution is 2.73. The molecule has 1 aliphatic carbocycles. The minimum absolute atomic E-state index is 0.391. The average Bonchev–Trinajstić information content (AvgIpc) is 2.56. The van der Waals surface area contributed by atoms with Gasteiger partial charge in [0, 0.05) is 6.92 Å². The minimum Gasteiger partial charge on any atom is -0.439 e. The van der Waals surface area contributed by atoms with E-state index in [0.29, 0.717) is 0 Å². The second kappa shape index (κ2) is 6.21. The van der Waals surface area contributed by atoms with Crippen molar-refractivity contribution in [2.75, 3.05) is 13.3 Å². The second-order valence-electron chi connectivity index (χ2n) is 5.95. The Labute approximate surface area is 150 Å². The van der Waals surface area contributed by atoms with Gasteiger partial charge in [-0.15, -0.1) is 0 Å². The molecule has 0 aliphatic heterocycles. The molecule has 0 bridgehead atoms. The maximum Gasteiger partial charge on any atom is 0.384 e. The van der Waals surface area contributed by atoms with Gasteiger partial charge in [-0.1, -0.05) is 0 Å². The molecule has 17 heteroatoms. The quantitative estimate of drug-likeness (QED) is 0.430. The van der Waals surface area contributed by atoms with Crippen LogP contribution in [0.1, 0.15) is 6.92 Å². The highest BCUT2D eigenvalue weighted by molar-refractivity contribution is 5.67. The number of ether oxygens (including phenoxy) is 1. The molecule has 0 atom stereocenters. The van der Waals surface area contributed by atoms with Crippen LogP contribution in [-0.2, 0) is 9.53 Å². The zero-order chi connectivity index (χ0) is 23.7. The third kappa shape index (κ3) is 2.38. The predicted molar refractivity (Wildman–Crippen MR) is 60.0 cm³/mol. The second-order valence-corrected chi connectivity index (χ2v) is 5.95. The number of hydrogen-bond acceptors (Lipinski definition) is 2. The van der Waals surface area contributed by atoms with Gasteiger partial charge in [0.15, 0.2) is 0 Å². The first-order valence-corrected chi connectivity index (χ1v) is 6.81. The molecule has 1 fully saturated rings. The Bertz CT molecular complexity index is 622. The van der Waals surface area contributed by atoms with Crippen molar-refractivity contribution >= 4 is 5.97 Å². The Morgan fingerprint density at radius 3 is 1.21 bits per heavy atom. The highest BCUT2D eigenvalue weighted by atomic mass is 19.4. The molecule has 0 aromatic heterocycles. The van der Waals surface area contributed by atoms with Crippen LogP contribution in [0.5, 0.6) is 0 Å². The van der Waals surface area contributed by atoms with E-state index < -0.39 is 73.0 Å². The molecule has 1 rings (SSSR count). The molecule has 0 aromatic carbocycles. The van der Waals surface area contributed by atoms with Crippen molar-refractivity contribution < 1.29 is 75.4 Å². The summed E-state index contributed by atoms with van der Waals surface area (Å²) in [5.74, 6) is -49.7. The Morgan fingerprint density at radius 1 is 0.690 bits per heavy atom. The van der Waals surface area contributed by atoms with Gasteiger partial charge in [0.25, 0.3) is 0 Å². The van der Waals surface area contributed by atoms with Gasteiger partial charge in [-0.3, -0.25) is 4.79 Å². The molecular weight excluding hydrogens is 461 g/mol. The lowest BCUT2D eigenvalue weighted by Crippen LogP contribution is -2.91. The first-order chi connectivity index (χ1) is 12.5. The van der Waals surface area contributed by atoms with Gasteiger partial charge in [-0.05, 0) is 0 Å². The summed E-state index contributed by atoms with van der Waals surface area (Å²) in [6, 6.07) is 0. The third-order valence-corrected chi connectivity index (χ3v) is 4.19. The van der Waals surface area contributed by atoms with Crippen LogP contribution < -0.4 is 0 Å². The summed E-state index contributed by atoms with van der Waals surface area (Å²) in [6.45, 7) is -7.56. The van der Waals surface area contributed by atoms with E-state index in [4.69, 9.17) is 0 Å². The fraction of sp³-hybridized carbons (Fsp3) is 0.917. The number of carbonyl (C=O) groups excluding carboxylic acids is 1. The Morgan fingerprint density at radius 2 is 0.966 bits per heavy atom. The van der Waals surface area contributed by atoms with Crippen LogP contribution in [0.15, 0.2) is 0 Å². The standard InChI is InChI=1S/C12H7F15O2/c1-4(28)29-6(7(16,17)5(15,2-13)3-14)8(18,19)10(22,23)12(26,27)11(24,25)9(6,20)21/h2-3H2,1H3. The van der Waals surface area contributed by atoms with Crippen LogP contribution in [0.3, 0.4) is 0 Å². The minimum atomic E-state index is -7.90. The lowest BCUT2D eigenvalue weighted by atomic mass is 9.64. The molecule has 0 aromatic rings. The first-order valence-electron chi connectivity index (χ1n) is 6.81. The van der Waals surface area contributed by atoms with E-state index in [1.165, 1.54) is 0 Å². The maximum atomic E-state index is 14.3. The van der Waals surface area contributed by atoms with Crippen LogP contribution in [-0.4, -0.2) is 66.1 Å². The van der Waals surface area contributed by atoms with Gasteiger partial charge >= 0.3 is 47.1 Å². The molecule has 2 nitrogen and oxygen atoms in total. The fourth-order valence-electron chi connectivity index (χ4n) is 2.55. The summed E-state index contributed by atoms with van der Waals surface area (Å²) in [4.78, 5) is 10.8. The van der Waals surface area contributed by atoms with E-state index in [-0.39, 0.29) is 0 Å². The number of esters is 1. The van der Waals surface area contributed by atoms with Gasteiger partial charge < -0.3 is 4.74 Å². The van der Waals surface area contributed by atoms with E-state index in [9.17, 15) is 70.7 Å². The largest absolute Gasteiger partial charge is 0.439 e. The van der Waals surface area contributed by atoms with Crippen LogP contribution in [0.25, 0.3) is 0 Å². The molecule has 172 valence electrons. The molecule has 1 aliphatic rings. The van der Waals surface area contributed by atoms with Crippen molar-refractivity contribution in [1.82, 2.24) is 0 Å². The topological polar surface area (TPSA) is 26.3 Å². The molecule has 0 spiro atoms. The highest BCUT2D eigenvalue weighted by Gasteiger charge is 3.07. The fourth-order valence-corrected chi connectivity index (χ4v) is 2.55. The average molecular weight is 468 g/mol. The van der Waals surface area contributed by atoms with E-state index in [1.807, 2.05) is 0 Å². The molecule has 0 amide bonds. The third-order valence-electron chi connectivity index (χ3n) is 4.19. The Balaban J connectivity index is 4.30. The summed E-state index contributed by atoms with van der Waals surface area (Å²) in [5, 5.41) is 0. The number of halogens is 15. The van der Waals surface area contributed by atoms with E-state index >= 15 is 0 Å². The number of carbonyl (C=O) groups is 1. The lowest BCUT2D eigenvalue weighted by molar-refractivity contribution is -0.523. The van der Waals surface area contributed by atoms with Crippen molar-refractivity contribution in [2.24, 2.45) is 0 Å². The molecule has 0 unspecified atom stereocenters. The van der Waals surface area contributed by atoms with Crippen LogP contribution in [0.4, 0.5) is 65.9 Å². The van der Waals surface area contributed by atoms with Gasteiger partial charge in [0.05, 0.1) is 0 Å². The van der Waals surface area contributed by atoms with Crippen LogP contribution in [0.2, 0.25) is 0 Å². The zero-order valence-corrected chi connectivity index (χ0v) is 13.4. The molecule has 1 saturated carbocycles. The van der Waals surface area contributed by atoms with Crippen LogP contribution in [0, 0.1) is 0 Å². The number of alkyl halides is 15. The van der Waals surface area contributed by atoms with Gasteiger partial charge in [-0.25, -0.2) is 13.2 Å². The maximum absolute atomic E-state index is 14.3. The van der Waals surface area contributed by atoms with Gasteiger partial charge in [0.1, 0.15) is 13.3 Å². The number of hydrogen-bond donors (Lipinski definition) is 0. The van der Waals surface area contributed by atoms with E-state index in [2.05, 4.69) is 4.74 Å². The summed E-state index contributed by atoms with van der Waals surface area (Å²) < 4.78 is 207. The van der Waals surface area contributed by atoms with Gasteiger partial charge in [0.2, 0.25) is 5.67 Å². The Kier molecular flexibility index (Phi) is 5.45. The summed E-state index contributed by atoms with van der Waals surface area (Å²) >= 11 is 0. The summed E-state index contributed by atoms with van der Waals surface area (Å²) in [5.41, 5.74) is -13.5. The zero-order valence-electron chi connectivity index (χ0n) is 13.4.